The number of aryl methyl sites for hydroxylation is 2. The maximum absolute atomic E-state index is 12.4. The van der Waals surface area contributed by atoms with Gasteiger partial charge < -0.3 is 4.74 Å². The van der Waals surface area contributed by atoms with Gasteiger partial charge in [0.1, 0.15) is 17.6 Å². The molecule has 0 aliphatic heterocycles. The summed E-state index contributed by atoms with van der Waals surface area (Å²) in [4.78, 5) is 12.4. The molecule has 3 aromatic rings. The Morgan fingerprint density at radius 2 is 1.52 bits per heavy atom. The van der Waals surface area contributed by atoms with Gasteiger partial charge in [-0.05, 0) is 43.2 Å². The number of esters is 1. The fourth-order valence-corrected chi connectivity index (χ4v) is 3.39. The first-order valence-corrected chi connectivity index (χ1v) is 10.3. The summed E-state index contributed by atoms with van der Waals surface area (Å²) in [6.45, 7) is 4.36. The summed E-state index contributed by atoms with van der Waals surface area (Å²) in [6, 6.07) is 23.6. The minimum absolute atomic E-state index is 0.141. The van der Waals surface area contributed by atoms with Crippen molar-refractivity contribution in [2.75, 3.05) is 10.8 Å². The number of hydrogen-bond donors (Lipinski definition) is 1. The molecule has 0 spiro atoms. The molecule has 0 fully saturated rings. The number of nitrogens with zero attached hydrogens (tertiary/aromatic N) is 1. The van der Waals surface area contributed by atoms with Gasteiger partial charge >= 0.3 is 5.97 Å². The van der Waals surface area contributed by atoms with Gasteiger partial charge in [0, 0.05) is 18.7 Å². The molecule has 0 heterocycles. The minimum atomic E-state index is -0.345. The van der Waals surface area contributed by atoms with Gasteiger partial charge in [-0.25, -0.2) is 4.21 Å². The molecule has 0 atom stereocenters. The Bertz CT molecular complexity index is 968. The quantitative estimate of drug-likeness (QED) is 0.338. The largest absolute Gasteiger partial charge is 0.426 e. The molecule has 0 bridgehead atoms. The summed E-state index contributed by atoms with van der Waals surface area (Å²) in [5.74, 6) is 0.224. The molecule has 0 aromatic heterocycles. The summed E-state index contributed by atoms with van der Waals surface area (Å²) in [6.07, 6.45) is 0.834. The Morgan fingerprint density at radius 3 is 2.17 bits per heavy atom. The van der Waals surface area contributed by atoms with Crippen LogP contribution in [0.4, 0.5) is 5.69 Å². The monoisotopic (exact) mass is 407 g/mol. The second-order valence-electron chi connectivity index (χ2n) is 7.03. The van der Waals surface area contributed by atoms with Crippen LogP contribution in [0, 0.1) is 13.8 Å². The number of benzene rings is 3. The molecule has 3 aromatic carbocycles. The van der Waals surface area contributed by atoms with Crippen molar-refractivity contribution in [3.63, 3.8) is 0 Å². The summed E-state index contributed by atoms with van der Waals surface area (Å²) in [5, 5.41) is 0. The second-order valence-corrected chi connectivity index (χ2v) is 7.68. The van der Waals surface area contributed by atoms with Crippen molar-refractivity contribution in [2.45, 2.75) is 26.7 Å². The molecule has 4 nitrogen and oxygen atoms in total. The van der Waals surface area contributed by atoms with Crippen LogP contribution in [-0.2, 0) is 23.1 Å². The SMILES string of the molecule is Cc1ccc(Cc2ccccc2OC(=O)CCN([SH]=O)c2ccc(C)cc2)cc1. The van der Waals surface area contributed by atoms with Gasteiger partial charge in [0.25, 0.3) is 0 Å². The molecule has 0 aliphatic carbocycles. The topological polar surface area (TPSA) is 46.6 Å². The zero-order chi connectivity index (χ0) is 20.6. The van der Waals surface area contributed by atoms with E-state index in [1.54, 1.807) is 4.31 Å². The zero-order valence-corrected chi connectivity index (χ0v) is 17.6. The van der Waals surface area contributed by atoms with E-state index in [0.29, 0.717) is 18.7 Å². The van der Waals surface area contributed by atoms with Gasteiger partial charge in [-0.2, -0.15) is 0 Å². The van der Waals surface area contributed by atoms with E-state index in [4.69, 9.17) is 4.74 Å². The van der Waals surface area contributed by atoms with Crippen molar-refractivity contribution in [3.05, 3.63) is 95.1 Å². The minimum Gasteiger partial charge on any atom is -0.426 e. The Kier molecular flexibility index (Phi) is 7.19. The van der Waals surface area contributed by atoms with E-state index in [0.717, 1.165) is 22.4 Å². The Balaban J connectivity index is 1.62. The smallest absolute Gasteiger partial charge is 0.313 e. The average Bonchev–Trinajstić information content (AvgIpc) is 2.73. The highest BCUT2D eigenvalue weighted by Crippen LogP contribution is 2.22. The number of thiol groups is 1. The molecule has 0 radical (unpaired) electrons. The third-order valence-corrected chi connectivity index (χ3v) is 5.30. The van der Waals surface area contributed by atoms with Gasteiger partial charge in [0.15, 0.2) is 0 Å². The molecular formula is C24H25NO3S. The predicted molar refractivity (Wildman–Crippen MR) is 119 cm³/mol. The lowest BCUT2D eigenvalue weighted by molar-refractivity contribution is -0.134. The third kappa shape index (κ3) is 6.03. The van der Waals surface area contributed by atoms with Crippen molar-refractivity contribution in [1.29, 1.82) is 0 Å². The highest BCUT2D eigenvalue weighted by Gasteiger charge is 2.12. The van der Waals surface area contributed by atoms with E-state index < -0.39 is 0 Å². The molecule has 29 heavy (non-hydrogen) atoms. The number of rotatable bonds is 8. The maximum Gasteiger partial charge on any atom is 0.313 e. The summed E-state index contributed by atoms with van der Waals surface area (Å²) in [7, 11) is 0. The number of carbonyl (C=O) groups is 1. The van der Waals surface area contributed by atoms with E-state index in [-0.39, 0.29) is 24.2 Å². The third-order valence-electron chi connectivity index (χ3n) is 4.67. The number of ether oxygens (including phenoxy) is 1. The van der Waals surface area contributed by atoms with Crippen molar-refractivity contribution < 1.29 is 13.7 Å². The van der Waals surface area contributed by atoms with Crippen molar-refractivity contribution in [3.8, 4) is 5.75 Å². The lowest BCUT2D eigenvalue weighted by Gasteiger charge is -2.17. The molecule has 150 valence electrons. The molecular weight excluding hydrogens is 382 g/mol. The zero-order valence-electron chi connectivity index (χ0n) is 16.7. The van der Waals surface area contributed by atoms with Gasteiger partial charge in [0.2, 0.25) is 0 Å². The van der Waals surface area contributed by atoms with Crippen molar-refractivity contribution in [2.24, 2.45) is 0 Å². The highest BCUT2D eigenvalue weighted by atomic mass is 32.2. The van der Waals surface area contributed by atoms with E-state index in [1.165, 1.54) is 5.56 Å². The van der Waals surface area contributed by atoms with Crippen LogP contribution in [0.1, 0.15) is 28.7 Å². The Hall–Kier alpha value is -2.92. The van der Waals surface area contributed by atoms with E-state index >= 15 is 0 Å². The first-order chi connectivity index (χ1) is 14.0. The Morgan fingerprint density at radius 1 is 0.897 bits per heavy atom. The number of para-hydroxylation sites is 1. The standard InChI is InChI=1S/C24H25NO3S/c1-18-7-11-20(12-8-18)17-21-5-3-4-6-23(21)28-24(26)15-16-25(29-27)22-13-9-19(2)10-14-22/h3-14,29H,15-17H2,1-2H3. The van der Waals surface area contributed by atoms with E-state index in [1.807, 2.05) is 55.5 Å². The van der Waals surface area contributed by atoms with Crippen LogP contribution in [0.3, 0.4) is 0 Å². The summed E-state index contributed by atoms with van der Waals surface area (Å²) < 4.78 is 18.7. The van der Waals surface area contributed by atoms with Gasteiger partial charge in [-0.1, -0.05) is 65.7 Å². The number of hydrogen-bond acceptors (Lipinski definition) is 3. The Labute approximate surface area is 175 Å². The molecule has 3 rings (SSSR count). The van der Waals surface area contributed by atoms with Crippen LogP contribution in [0.2, 0.25) is 0 Å². The second kappa shape index (κ2) is 10.0. The van der Waals surface area contributed by atoms with E-state index in [2.05, 4.69) is 31.2 Å². The van der Waals surface area contributed by atoms with Crippen LogP contribution in [0.5, 0.6) is 5.75 Å². The molecule has 0 N–H and O–H groups in total. The average molecular weight is 408 g/mol. The van der Waals surface area contributed by atoms with Crippen LogP contribution < -0.4 is 9.04 Å². The molecule has 0 saturated carbocycles. The van der Waals surface area contributed by atoms with E-state index in [9.17, 15) is 9.00 Å². The van der Waals surface area contributed by atoms with Crippen LogP contribution >= 0.6 is 0 Å². The molecule has 0 saturated heterocycles. The fourth-order valence-electron chi connectivity index (χ4n) is 2.98. The maximum atomic E-state index is 12.4. The predicted octanol–water partition coefficient (Wildman–Crippen LogP) is 4.56. The van der Waals surface area contributed by atoms with Crippen LogP contribution in [0.15, 0.2) is 72.8 Å². The lowest BCUT2D eigenvalue weighted by Crippen LogP contribution is -2.23. The molecule has 0 amide bonds. The molecule has 5 heteroatoms. The van der Waals surface area contributed by atoms with Crippen molar-refractivity contribution in [1.82, 2.24) is 0 Å². The van der Waals surface area contributed by atoms with Crippen LogP contribution in [0.25, 0.3) is 0 Å². The number of anilines is 1. The van der Waals surface area contributed by atoms with Crippen LogP contribution in [-0.4, -0.2) is 16.7 Å². The summed E-state index contributed by atoms with van der Waals surface area (Å²) in [5.41, 5.74) is 5.27. The normalized spacial score (nSPS) is 10.6. The lowest BCUT2D eigenvalue weighted by atomic mass is 10.0. The molecule has 0 unspecified atom stereocenters. The van der Waals surface area contributed by atoms with Gasteiger partial charge in [-0.3, -0.25) is 9.10 Å². The van der Waals surface area contributed by atoms with Crippen molar-refractivity contribution >= 4 is 23.5 Å². The van der Waals surface area contributed by atoms with Gasteiger partial charge in [-0.15, -0.1) is 0 Å². The highest BCUT2D eigenvalue weighted by molar-refractivity contribution is 7.67. The number of carbonyl (C=O) groups excluding carboxylic acids is 1. The van der Waals surface area contributed by atoms with Gasteiger partial charge in [0.05, 0.1) is 6.42 Å². The first kappa shape index (κ1) is 20.8. The summed E-state index contributed by atoms with van der Waals surface area (Å²) >= 11 is -0.149. The molecule has 0 aliphatic rings. The fraction of sp³-hybridized carbons (Fsp3) is 0.208. The first-order valence-electron chi connectivity index (χ1n) is 9.57.